The van der Waals surface area contributed by atoms with E-state index in [1.165, 1.54) is 0 Å². The van der Waals surface area contributed by atoms with Gasteiger partial charge in [-0.1, -0.05) is 20.8 Å². The van der Waals surface area contributed by atoms with Crippen LogP contribution in [-0.2, 0) is 18.9 Å². The number of nitrogens with two attached hydrogens (primary N) is 1. The first-order valence-corrected chi connectivity index (χ1v) is 10.5. The second-order valence-electron chi connectivity index (χ2n) is 10.4. The van der Waals surface area contributed by atoms with E-state index >= 15 is 0 Å². The average molecular weight is 438 g/mol. The summed E-state index contributed by atoms with van der Waals surface area (Å²) in [7, 11) is 0. The highest BCUT2D eigenvalue weighted by atomic mass is 16.7. The molecule has 0 saturated carbocycles. The molecule has 10 nitrogen and oxygen atoms in total. The maximum Gasteiger partial charge on any atom is 0.213 e. The van der Waals surface area contributed by atoms with E-state index in [2.05, 4.69) is 5.73 Å². The first-order valence-electron chi connectivity index (χ1n) is 10.5. The largest absolute Gasteiger partial charge is 0.394 e. The summed E-state index contributed by atoms with van der Waals surface area (Å²) in [4.78, 5) is 0. The van der Waals surface area contributed by atoms with E-state index in [0.717, 1.165) is 0 Å². The lowest BCUT2D eigenvalue weighted by molar-refractivity contribution is -0.508. The van der Waals surface area contributed by atoms with Crippen molar-refractivity contribution in [2.24, 2.45) is 17.1 Å². The van der Waals surface area contributed by atoms with Crippen LogP contribution in [0.15, 0.2) is 0 Å². The normalized spacial score (nSPS) is 43.6. The molecule has 0 aromatic carbocycles. The number of hydrogen-bond acceptors (Lipinski definition) is 9. The van der Waals surface area contributed by atoms with E-state index < -0.39 is 67.4 Å². The number of aliphatic hydroxyl groups excluding tert-OH is 4. The molecular formula is C20H41N2O8+. The van der Waals surface area contributed by atoms with Crippen LogP contribution in [0.4, 0.5) is 0 Å². The Morgan fingerprint density at radius 1 is 0.900 bits per heavy atom. The Hall–Kier alpha value is -0.400. The minimum absolute atomic E-state index is 0.306. The molecule has 30 heavy (non-hydrogen) atoms. The summed E-state index contributed by atoms with van der Waals surface area (Å²) in [5.41, 5.74) is 9.22. The van der Waals surface area contributed by atoms with Crippen LogP contribution in [0.3, 0.4) is 0 Å². The molecule has 2 heterocycles. The van der Waals surface area contributed by atoms with Crippen molar-refractivity contribution in [2.75, 3.05) is 13.2 Å². The minimum atomic E-state index is -1.22. The van der Waals surface area contributed by atoms with Crippen molar-refractivity contribution in [3.05, 3.63) is 0 Å². The molecule has 2 saturated heterocycles. The van der Waals surface area contributed by atoms with Crippen LogP contribution in [0.1, 0.15) is 41.5 Å². The molecule has 2 aliphatic heterocycles. The van der Waals surface area contributed by atoms with Gasteiger partial charge in [-0.15, -0.1) is 0 Å². The van der Waals surface area contributed by atoms with Gasteiger partial charge >= 0.3 is 0 Å². The molecule has 2 aliphatic rings. The maximum atomic E-state index is 10.9. The third-order valence-corrected chi connectivity index (χ3v) is 5.71. The topological polar surface area (TPSA) is 172 Å². The zero-order valence-electron chi connectivity index (χ0n) is 18.9. The van der Waals surface area contributed by atoms with Crippen LogP contribution >= 0.6 is 0 Å². The fourth-order valence-electron chi connectivity index (χ4n) is 4.23. The van der Waals surface area contributed by atoms with Gasteiger partial charge in [0.15, 0.2) is 12.3 Å². The molecule has 4 unspecified atom stereocenters. The lowest BCUT2D eigenvalue weighted by atomic mass is 9.71. The first-order chi connectivity index (χ1) is 13.7. The molecule has 2 rings (SSSR count). The van der Waals surface area contributed by atoms with Crippen molar-refractivity contribution in [1.82, 2.24) is 0 Å². The van der Waals surface area contributed by atoms with E-state index in [-0.39, 0.29) is 17.9 Å². The van der Waals surface area contributed by atoms with Gasteiger partial charge in [-0.25, -0.2) is 0 Å². The van der Waals surface area contributed by atoms with Crippen LogP contribution in [-0.4, -0.2) is 94.4 Å². The molecule has 0 spiro atoms. The fourth-order valence-corrected chi connectivity index (χ4v) is 4.23. The van der Waals surface area contributed by atoms with Crippen LogP contribution in [0.25, 0.3) is 0 Å². The van der Waals surface area contributed by atoms with Gasteiger partial charge in [0.25, 0.3) is 0 Å². The quantitative estimate of drug-likeness (QED) is 0.283. The zero-order valence-corrected chi connectivity index (χ0v) is 18.9. The molecule has 9 N–H and O–H groups in total. The van der Waals surface area contributed by atoms with Gasteiger partial charge < -0.3 is 50.8 Å². The first kappa shape index (κ1) is 25.9. The van der Waals surface area contributed by atoms with Gasteiger partial charge in [-0.3, -0.25) is 0 Å². The molecule has 0 amide bonds. The van der Waals surface area contributed by atoms with Gasteiger partial charge in [-0.05, 0) is 26.2 Å². The fraction of sp³-hybridized carbons (Fsp3) is 1.00. The second kappa shape index (κ2) is 9.62. The summed E-state index contributed by atoms with van der Waals surface area (Å²) in [6.45, 7) is 10.6. The molecule has 0 aromatic rings. The zero-order chi connectivity index (χ0) is 23.0. The maximum absolute atomic E-state index is 10.9. The summed E-state index contributed by atoms with van der Waals surface area (Å²) in [5.74, 6) is -0.363. The monoisotopic (exact) mass is 437 g/mol. The highest BCUT2D eigenvalue weighted by molar-refractivity contribution is 4.97. The second-order valence-corrected chi connectivity index (χ2v) is 10.4. The Kier molecular flexibility index (Phi) is 8.29. The summed E-state index contributed by atoms with van der Waals surface area (Å²) in [6.07, 6.45) is -6.71. The summed E-state index contributed by atoms with van der Waals surface area (Å²) >= 11 is 0. The lowest BCUT2D eigenvalue weighted by Gasteiger charge is -2.49. The van der Waals surface area contributed by atoms with E-state index in [9.17, 15) is 20.4 Å². The summed E-state index contributed by atoms with van der Waals surface area (Å²) in [6, 6.07) is -1.62. The summed E-state index contributed by atoms with van der Waals surface area (Å²) < 4.78 is 23.4. The highest BCUT2D eigenvalue weighted by Gasteiger charge is 2.53. The molecule has 0 aliphatic carbocycles. The van der Waals surface area contributed by atoms with Crippen molar-refractivity contribution in [3.63, 3.8) is 0 Å². The average Bonchev–Trinajstić information content (AvgIpc) is 2.62. The van der Waals surface area contributed by atoms with Crippen molar-refractivity contribution in [2.45, 2.75) is 102 Å². The van der Waals surface area contributed by atoms with Crippen molar-refractivity contribution in [3.8, 4) is 0 Å². The minimum Gasteiger partial charge on any atom is -0.394 e. The predicted octanol–water partition coefficient (Wildman–Crippen LogP) is -2.06. The van der Waals surface area contributed by atoms with Crippen LogP contribution in [0.2, 0.25) is 0 Å². The van der Waals surface area contributed by atoms with Crippen molar-refractivity contribution in [1.29, 1.82) is 0 Å². The molecule has 0 bridgehead atoms. The molecule has 0 aromatic heterocycles. The van der Waals surface area contributed by atoms with E-state index in [1.807, 2.05) is 41.5 Å². The third kappa shape index (κ3) is 5.69. The Labute approximate surface area is 178 Å². The Balaban J connectivity index is 2.18. The van der Waals surface area contributed by atoms with Crippen LogP contribution in [0, 0.1) is 11.3 Å². The molecule has 2 fully saturated rings. The number of aliphatic hydroxyl groups is 4. The van der Waals surface area contributed by atoms with E-state index in [4.69, 9.17) is 24.7 Å². The van der Waals surface area contributed by atoms with E-state index in [0.29, 0.717) is 0 Å². The Bertz CT molecular complexity index is 548. The Morgan fingerprint density at radius 2 is 1.43 bits per heavy atom. The molecular weight excluding hydrogens is 396 g/mol. The number of quaternary nitrogens is 1. The van der Waals surface area contributed by atoms with Gasteiger partial charge in [-0.2, -0.15) is 0 Å². The number of hydrogen-bond donors (Lipinski definition) is 6. The van der Waals surface area contributed by atoms with E-state index in [1.54, 1.807) is 0 Å². The van der Waals surface area contributed by atoms with Gasteiger partial charge in [0, 0.05) is 5.92 Å². The van der Waals surface area contributed by atoms with Crippen LogP contribution < -0.4 is 11.5 Å². The standard InChI is InChI=1S/C20H40N2O8/c1-19(2,3)11-9(7-23)27-17(12(21)14(11)25)29-16-10(8-24)28-18(13(22)15(16)26)30-20(4,5)6/h9-18,23-26H,7-8,21-22H2,1-6H3/p+1/t9?,10?,11-,12+,13+,14?,15?,16-,17+,18+/m1/s1. The molecule has 0 radical (unpaired) electrons. The van der Waals surface area contributed by atoms with Gasteiger partial charge in [0.05, 0.1) is 31.0 Å². The molecule has 10 atom stereocenters. The lowest BCUT2D eigenvalue weighted by Crippen LogP contribution is -2.78. The predicted molar refractivity (Wildman–Crippen MR) is 107 cm³/mol. The van der Waals surface area contributed by atoms with Crippen molar-refractivity contribution < 1.29 is 45.1 Å². The smallest absolute Gasteiger partial charge is 0.213 e. The highest BCUT2D eigenvalue weighted by Crippen LogP contribution is 2.39. The Morgan fingerprint density at radius 3 is 1.90 bits per heavy atom. The molecule has 10 heteroatoms. The van der Waals surface area contributed by atoms with Crippen LogP contribution in [0.5, 0.6) is 0 Å². The SMILES string of the molecule is CC(C)(C)O[C@@H]1OC(CO)[C@@H](O[C@@H]2OC(CO)[C@@H](C(C)(C)C)C(O)[C@@H]2[NH3+])C(O)[C@@H]1N. The number of ether oxygens (including phenoxy) is 4. The third-order valence-electron chi connectivity index (χ3n) is 5.71. The molecule has 178 valence electrons. The van der Waals surface area contributed by atoms with Gasteiger partial charge in [0.1, 0.15) is 24.4 Å². The van der Waals surface area contributed by atoms with Gasteiger partial charge in [0.2, 0.25) is 6.29 Å². The van der Waals surface area contributed by atoms with Crippen molar-refractivity contribution >= 4 is 0 Å². The number of rotatable bonds is 5. The summed E-state index contributed by atoms with van der Waals surface area (Å²) in [5, 5.41) is 41.3.